The maximum atomic E-state index is 9.59. The molecule has 4 heteroatoms. The predicted molar refractivity (Wildman–Crippen MR) is 76.3 cm³/mol. The number of rotatable bonds is 2. The molecule has 0 aliphatic carbocycles. The molecular weight excluding hydrogens is 238 g/mol. The van der Waals surface area contributed by atoms with E-state index in [0.29, 0.717) is 6.04 Å². The Morgan fingerprint density at radius 1 is 1.42 bits per heavy atom. The van der Waals surface area contributed by atoms with Gasteiger partial charge in [0.2, 0.25) is 0 Å². The normalized spacial score (nSPS) is 23.9. The summed E-state index contributed by atoms with van der Waals surface area (Å²) in [6, 6.07) is 6.77. The van der Waals surface area contributed by atoms with Crippen LogP contribution in [-0.4, -0.2) is 34.4 Å². The second-order valence-corrected chi connectivity index (χ2v) is 5.52. The number of aryl methyl sites for hydroxylation is 2. The Labute approximate surface area is 113 Å². The van der Waals surface area contributed by atoms with Crippen LogP contribution in [0.2, 0.25) is 0 Å². The predicted octanol–water partition coefficient (Wildman–Crippen LogP) is 1.80. The number of benzene rings is 1. The van der Waals surface area contributed by atoms with Gasteiger partial charge in [-0.25, -0.2) is 4.98 Å². The Hall–Kier alpha value is -1.39. The first-order chi connectivity index (χ1) is 9.20. The minimum Gasteiger partial charge on any atom is -0.396 e. The van der Waals surface area contributed by atoms with Gasteiger partial charge in [-0.05, 0) is 44.5 Å². The number of aliphatic hydroxyl groups is 1. The van der Waals surface area contributed by atoms with E-state index < -0.39 is 0 Å². The fourth-order valence-electron chi connectivity index (χ4n) is 3.18. The second kappa shape index (κ2) is 4.94. The molecule has 0 saturated carbocycles. The highest BCUT2D eigenvalue weighted by molar-refractivity contribution is 5.77. The number of fused-ring (bicyclic) bond motifs is 1. The molecule has 1 aromatic heterocycles. The van der Waals surface area contributed by atoms with Crippen LogP contribution >= 0.6 is 0 Å². The maximum Gasteiger partial charge on any atom is 0.106 e. The van der Waals surface area contributed by atoms with Crippen LogP contribution in [0.1, 0.15) is 23.9 Å². The van der Waals surface area contributed by atoms with Gasteiger partial charge in [-0.2, -0.15) is 0 Å². The van der Waals surface area contributed by atoms with Crippen LogP contribution in [0.15, 0.2) is 18.2 Å². The molecule has 0 spiro atoms. The lowest BCUT2D eigenvalue weighted by Gasteiger charge is -2.33. The third-order valence-corrected chi connectivity index (χ3v) is 4.16. The number of imidazole rings is 1. The van der Waals surface area contributed by atoms with Crippen molar-refractivity contribution in [3.8, 4) is 0 Å². The van der Waals surface area contributed by atoms with E-state index in [1.165, 1.54) is 11.1 Å². The Balaban J connectivity index is 2.10. The summed E-state index contributed by atoms with van der Waals surface area (Å²) in [6.07, 6.45) is 1.05. The van der Waals surface area contributed by atoms with Gasteiger partial charge in [0.05, 0.1) is 11.0 Å². The summed E-state index contributed by atoms with van der Waals surface area (Å²) in [7, 11) is 0. The van der Waals surface area contributed by atoms with E-state index in [4.69, 9.17) is 0 Å². The quantitative estimate of drug-likeness (QED) is 0.864. The largest absolute Gasteiger partial charge is 0.396 e. The molecule has 0 amide bonds. The molecule has 102 valence electrons. The molecule has 2 heterocycles. The van der Waals surface area contributed by atoms with E-state index in [-0.39, 0.29) is 12.5 Å². The van der Waals surface area contributed by atoms with E-state index in [1.54, 1.807) is 0 Å². The molecule has 4 nitrogen and oxygen atoms in total. The second-order valence-electron chi connectivity index (χ2n) is 5.52. The van der Waals surface area contributed by atoms with Crippen molar-refractivity contribution in [1.29, 1.82) is 0 Å². The number of aliphatic hydroxyl groups excluding tert-OH is 1. The standard InChI is InChI=1S/C15H21N3O/c1-10-3-4-15-13(7-10)17-11(2)18(15)14-5-6-16-8-12(14)9-19/h3-4,7,12,14,16,19H,5-6,8-9H2,1-2H3/t12-,14+/m1/s1. The van der Waals surface area contributed by atoms with Crippen molar-refractivity contribution in [1.82, 2.24) is 14.9 Å². The number of piperidine rings is 1. The molecule has 1 fully saturated rings. The Kier molecular flexibility index (Phi) is 3.29. The molecular formula is C15H21N3O. The van der Waals surface area contributed by atoms with Crippen molar-refractivity contribution < 1.29 is 5.11 Å². The minimum atomic E-state index is 0.225. The van der Waals surface area contributed by atoms with Crippen molar-refractivity contribution >= 4 is 11.0 Å². The summed E-state index contributed by atoms with van der Waals surface area (Å²) in [6.45, 7) is 6.27. The van der Waals surface area contributed by atoms with Crippen LogP contribution in [0, 0.1) is 19.8 Å². The van der Waals surface area contributed by atoms with Gasteiger partial charge in [-0.15, -0.1) is 0 Å². The van der Waals surface area contributed by atoms with Gasteiger partial charge in [0.15, 0.2) is 0 Å². The molecule has 1 saturated heterocycles. The number of hydrogen-bond acceptors (Lipinski definition) is 3. The molecule has 0 radical (unpaired) electrons. The summed E-state index contributed by atoms with van der Waals surface area (Å²) >= 11 is 0. The van der Waals surface area contributed by atoms with Crippen molar-refractivity contribution in [3.05, 3.63) is 29.6 Å². The van der Waals surface area contributed by atoms with Crippen molar-refractivity contribution in [3.63, 3.8) is 0 Å². The van der Waals surface area contributed by atoms with E-state index in [1.807, 2.05) is 0 Å². The van der Waals surface area contributed by atoms with E-state index >= 15 is 0 Å². The van der Waals surface area contributed by atoms with Gasteiger partial charge in [0.1, 0.15) is 5.82 Å². The highest BCUT2D eigenvalue weighted by atomic mass is 16.3. The summed E-state index contributed by atoms with van der Waals surface area (Å²) < 4.78 is 2.32. The summed E-state index contributed by atoms with van der Waals surface area (Å²) in [5.74, 6) is 1.32. The van der Waals surface area contributed by atoms with Gasteiger partial charge in [-0.3, -0.25) is 0 Å². The minimum absolute atomic E-state index is 0.225. The number of hydrogen-bond donors (Lipinski definition) is 2. The molecule has 19 heavy (non-hydrogen) atoms. The molecule has 0 unspecified atom stereocenters. The lowest BCUT2D eigenvalue weighted by atomic mass is 9.93. The van der Waals surface area contributed by atoms with E-state index in [0.717, 1.165) is 30.9 Å². The molecule has 1 aromatic carbocycles. The summed E-state index contributed by atoms with van der Waals surface area (Å²) in [4.78, 5) is 4.68. The molecule has 1 aliphatic heterocycles. The zero-order valence-electron chi connectivity index (χ0n) is 11.6. The summed E-state index contributed by atoms with van der Waals surface area (Å²) in [5.41, 5.74) is 3.49. The third kappa shape index (κ3) is 2.15. The van der Waals surface area contributed by atoms with Gasteiger partial charge in [-0.1, -0.05) is 6.07 Å². The SMILES string of the molecule is Cc1ccc2c(c1)nc(C)n2[C@H]1CCNC[C@@H]1CO. The number of aromatic nitrogens is 2. The van der Waals surface area contributed by atoms with Crippen molar-refractivity contribution in [2.24, 2.45) is 5.92 Å². The topological polar surface area (TPSA) is 50.1 Å². The smallest absolute Gasteiger partial charge is 0.106 e. The monoisotopic (exact) mass is 259 g/mol. The Bertz CT molecular complexity index is 590. The first-order valence-electron chi connectivity index (χ1n) is 6.97. The highest BCUT2D eigenvalue weighted by Gasteiger charge is 2.28. The molecule has 2 N–H and O–H groups in total. The fourth-order valence-corrected chi connectivity index (χ4v) is 3.18. The molecule has 1 aliphatic rings. The summed E-state index contributed by atoms with van der Waals surface area (Å²) in [5, 5.41) is 13.0. The molecule has 2 aromatic rings. The number of nitrogens with one attached hydrogen (secondary N) is 1. The van der Waals surface area contributed by atoms with Crippen LogP contribution in [0.5, 0.6) is 0 Å². The lowest BCUT2D eigenvalue weighted by molar-refractivity contribution is 0.150. The average molecular weight is 259 g/mol. The van der Waals surface area contributed by atoms with Gasteiger partial charge >= 0.3 is 0 Å². The highest BCUT2D eigenvalue weighted by Crippen LogP contribution is 2.30. The van der Waals surface area contributed by atoms with Crippen LogP contribution in [-0.2, 0) is 0 Å². The van der Waals surface area contributed by atoms with E-state index in [9.17, 15) is 5.11 Å². The zero-order chi connectivity index (χ0) is 13.4. The van der Waals surface area contributed by atoms with Gasteiger partial charge in [0.25, 0.3) is 0 Å². The van der Waals surface area contributed by atoms with Crippen LogP contribution < -0.4 is 5.32 Å². The third-order valence-electron chi connectivity index (χ3n) is 4.16. The van der Waals surface area contributed by atoms with Gasteiger partial charge < -0.3 is 15.0 Å². The van der Waals surface area contributed by atoms with Crippen LogP contribution in [0.4, 0.5) is 0 Å². The van der Waals surface area contributed by atoms with Gasteiger partial charge in [0, 0.05) is 25.1 Å². The fraction of sp³-hybridized carbons (Fsp3) is 0.533. The van der Waals surface area contributed by atoms with Crippen LogP contribution in [0.3, 0.4) is 0 Å². The van der Waals surface area contributed by atoms with Crippen LogP contribution in [0.25, 0.3) is 11.0 Å². The van der Waals surface area contributed by atoms with Crippen molar-refractivity contribution in [2.75, 3.05) is 19.7 Å². The average Bonchev–Trinajstić information content (AvgIpc) is 2.73. The first-order valence-corrected chi connectivity index (χ1v) is 6.97. The maximum absolute atomic E-state index is 9.59. The van der Waals surface area contributed by atoms with Crippen molar-refractivity contribution in [2.45, 2.75) is 26.3 Å². The van der Waals surface area contributed by atoms with E-state index in [2.05, 4.69) is 46.9 Å². The molecule has 0 bridgehead atoms. The zero-order valence-corrected chi connectivity index (χ0v) is 11.6. The molecule has 3 rings (SSSR count). The lowest BCUT2D eigenvalue weighted by Crippen LogP contribution is -2.39. The molecule has 2 atom stereocenters. The first kappa shape index (κ1) is 12.6. The number of nitrogens with zero attached hydrogens (tertiary/aromatic N) is 2. The Morgan fingerprint density at radius 2 is 2.26 bits per heavy atom. The Morgan fingerprint density at radius 3 is 3.05 bits per heavy atom.